The van der Waals surface area contributed by atoms with Gasteiger partial charge in [0.25, 0.3) is 5.91 Å². The molecule has 2 aromatic rings. The van der Waals surface area contributed by atoms with Gasteiger partial charge in [0.2, 0.25) is 0 Å². The van der Waals surface area contributed by atoms with E-state index in [9.17, 15) is 22.4 Å². The predicted molar refractivity (Wildman–Crippen MR) is 96.5 cm³/mol. The molecular weight excluding hydrogens is 398 g/mol. The summed E-state index contributed by atoms with van der Waals surface area (Å²) >= 11 is 0. The zero-order valence-electron chi connectivity index (χ0n) is 14.6. The molecule has 0 unspecified atom stereocenters. The molecule has 2 aliphatic rings. The monoisotopic (exact) mass is 415 g/mol. The molecule has 3 atom stereocenters. The number of nitrogens with one attached hydrogen (secondary N) is 1. The van der Waals surface area contributed by atoms with Crippen molar-refractivity contribution in [2.45, 2.75) is 12.2 Å². The van der Waals surface area contributed by atoms with Crippen molar-refractivity contribution in [2.75, 3.05) is 19.6 Å². The van der Waals surface area contributed by atoms with Gasteiger partial charge in [0.05, 0.1) is 11.6 Å². The maximum atomic E-state index is 13.7. The minimum Gasteiger partial charge on any atom is -0.331 e. The molecule has 0 aliphatic carbocycles. The van der Waals surface area contributed by atoms with Crippen LogP contribution in [0.4, 0.5) is 17.6 Å². The molecular formula is C19H18ClF4N3O. The quantitative estimate of drug-likeness (QED) is 0.761. The van der Waals surface area contributed by atoms with Gasteiger partial charge in [-0.25, -0.2) is 4.39 Å². The van der Waals surface area contributed by atoms with Crippen molar-refractivity contribution in [3.63, 3.8) is 0 Å². The summed E-state index contributed by atoms with van der Waals surface area (Å²) < 4.78 is 51.8. The number of nitrogens with zero attached hydrogens (tertiary/aromatic N) is 2. The van der Waals surface area contributed by atoms with Crippen LogP contribution in [0, 0.1) is 17.7 Å². The lowest BCUT2D eigenvalue weighted by molar-refractivity contribution is -0.141. The molecule has 1 aromatic heterocycles. The highest BCUT2D eigenvalue weighted by molar-refractivity contribution is 5.94. The Morgan fingerprint density at radius 2 is 1.96 bits per heavy atom. The molecule has 1 amide bonds. The highest BCUT2D eigenvalue weighted by Gasteiger charge is 2.47. The number of halogens is 5. The Morgan fingerprint density at radius 1 is 1.18 bits per heavy atom. The van der Waals surface area contributed by atoms with Crippen LogP contribution in [0.2, 0.25) is 0 Å². The third-order valence-corrected chi connectivity index (χ3v) is 5.32. The van der Waals surface area contributed by atoms with Crippen LogP contribution in [0.3, 0.4) is 0 Å². The summed E-state index contributed by atoms with van der Waals surface area (Å²) in [7, 11) is 0. The van der Waals surface area contributed by atoms with Gasteiger partial charge in [0.1, 0.15) is 11.5 Å². The topological polar surface area (TPSA) is 45.2 Å². The van der Waals surface area contributed by atoms with Gasteiger partial charge < -0.3 is 10.2 Å². The number of hydrogen-bond donors (Lipinski definition) is 1. The van der Waals surface area contributed by atoms with Gasteiger partial charge >= 0.3 is 6.18 Å². The van der Waals surface area contributed by atoms with Crippen LogP contribution in [-0.4, -0.2) is 35.4 Å². The van der Waals surface area contributed by atoms with Crippen LogP contribution < -0.4 is 5.32 Å². The van der Waals surface area contributed by atoms with Crippen LogP contribution in [0.25, 0.3) is 0 Å². The van der Waals surface area contributed by atoms with Gasteiger partial charge in [-0.05, 0) is 35.7 Å². The molecule has 1 N–H and O–H groups in total. The number of pyridine rings is 1. The first-order chi connectivity index (χ1) is 12.8. The number of fused-ring (bicyclic) bond motifs is 1. The van der Waals surface area contributed by atoms with E-state index in [0.29, 0.717) is 18.7 Å². The Morgan fingerprint density at radius 3 is 2.61 bits per heavy atom. The molecule has 150 valence electrons. The van der Waals surface area contributed by atoms with Crippen molar-refractivity contribution < 1.29 is 22.4 Å². The predicted octanol–water partition coefficient (Wildman–Crippen LogP) is 3.69. The Hall–Kier alpha value is -2.19. The number of alkyl halides is 3. The maximum Gasteiger partial charge on any atom is 0.433 e. The third kappa shape index (κ3) is 3.71. The maximum absolute atomic E-state index is 13.7. The number of carbonyl (C=O) groups excluding carboxylic acids is 1. The number of likely N-dealkylation sites (tertiary alicyclic amines) is 1. The molecule has 4 rings (SSSR count). The molecule has 0 bridgehead atoms. The van der Waals surface area contributed by atoms with E-state index in [1.54, 1.807) is 17.0 Å². The first-order valence-corrected chi connectivity index (χ1v) is 8.65. The van der Waals surface area contributed by atoms with Crippen molar-refractivity contribution in [1.29, 1.82) is 0 Å². The number of benzene rings is 1. The van der Waals surface area contributed by atoms with Crippen molar-refractivity contribution >= 4 is 18.3 Å². The van der Waals surface area contributed by atoms with Crippen LogP contribution >= 0.6 is 12.4 Å². The average Bonchev–Trinajstić information content (AvgIpc) is 3.21. The Labute approximate surface area is 165 Å². The summed E-state index contributed by atoms with van der Waals surface area (Å²) in [6, 6.07) is 7.76. The molecule has 0 spiro atoms. The lowest BCUT2D eigenvalue weighted by atomic mass is 9.89. The summed E-state index contributed by atoms with van der Waals surface area (Å²) in [6.45, 7) is 1.94. The van der Waals surface area contributed by atoms with E-state index < -0.39 is 11.9 Å². The zero-order chi connectivity index (χ0) is 19.2. The number of amides is 1. The lowest BCUT2D eigenvalue weighted by Gasteiger charge is -2.28. The standard InChI is InChI=1S/C19H17F4N3O.ClH/c20-14-3-1-2-11(6-14)17-15-9-24-7-13(15)10-26(17)18(27)12-4-5-16(25-8-12)19(21,22)23;/h1-6,8,13,15,17,24H,7,9-10H2;1H/t13-,15-,17+;/m0./s1. The molecule has 3 heterocycles. The van der Waals surface area contributed by atoms with Gasteiger partial charge in [-0.3, -0.25) is 9.78 Å². The summed E-state index contributed by atoms with van der Waals surface area (Å²) in [5, 5.41) is 3.29. The number of aromatic nitrogens is 1. The Bertz CT molecular complexity index is 859. The SMILES string of the molecule is Cl.O=C(c1ccc(C(F)(F)F)nc1)N1C[C@@H]2CNC[C@@H]2[C@H]1c1cccc(F)c1. The van der Waals surface area contributed by atoms with E-state index in [4.69, 9.17) is 0 Å². The van der Waals surface area contributed by atoms with Gasteiger partial charge in [0, 0.05) is 31.7 Å². The fourth-order valence-corrected chi connectivity index (χ4v) is 4.10. The molecule has 4 nitrogen and oxygen atoms in total. The van der Waals surface area contributed by atoms with E-state index in [0.717, 1.165) is 24.9 Å². The lowest BCUT2D eigenvalue weighted by Crippen LogP contribution is -2.34. The highest BCUT2D eigenvalue weighted by Crippen LogP contribution is 2.43. The number of carbonyl (C=O) groups is 1. The molecule has 1 aromatic carbocycles. The second kappa shape index (κ2) is 7.67. The van der Waals surface area contributed by atoms with Crippen molar-refractivity contribution in [3.8, 4) is 0 Å². The molecule has 2 aliphatic heterocycles. The molecule has 2 fully saturated rings. The summed E-state index contributed by atoms with van der Waals surface area (Å²) in [5.74, 6) is -0.409. The van der Waals surface area contributed by atoms with E-state index in [-0.39, 0.29) is 47.6 Å². The first kappa shape index (κ1) is 20.5. The van der Waals surface area contributed by atoms with Crippen LogP contribution in [0.1, 0.15) is 27.7 Å². The van der Waals surface area contributed by atoms with Crippen molar-refractivity contribution in [2.24, 2.45) is 11.8 Å². The van der Waals surface area contributed by atoms with Crippen LogP contribution in [0.15, 0.2) is 42.6 Å². The fraction of sp³-hybridized carbons (Fsp3) is 0.368. The van der Waals surface area contributed by atoms with Gasteiger partial charge in [0.15, 0.2) is 0 Å². The smallest absolute Gasteiger partial charge is 0.331 e. The average molecular weight is 416 g/mol. The van der Waals surface area contributed by atoms with Crippen molar-refractivity contribution in [3.05, 3.63) is 65.2 Å². The van der Waals surface area contributed by atoms with Gasteiger partial charge in [-0.15, -0.1) is 12.4 Å². The third-order valence-electron chi connectivity index (χ3n) is 5.32. The fourth-order valence-electron chi connectivity index (χ4n) is 4.10. The van der Waals surface area contributed by atoms with Crippen LogP contribution in [0.5, 0.6) is 0 Å². The number of hydrogen-bond acceptors (Lipinski definition) is 3. The number of rotatable bonds is 2. The summed E-state index contributed by atoms with van der Waals surface area (Å²) in [6.07, 6.45) is -3.60. The van der Waals surface area contributed by atoms with E-state index >= 15 is 0 Å². The van der Waals surface area contributed by atoms with E-state index in [2.05, 4.69) is 10.3 Å². The molecule has 28 heavy (non-hydrogen) atoms. The van der Waals surface area contributed by atoms with E-state index in [1.807, 2.05) is 0 Å². The van der Waals surface area contributed by atoms with Crippen LogP contribution in [-0.2, 0) is 6.18 Å². The molecule has 2 saturated heterocycles. The summed E-state index contributed by atoms with van der Waals surface area (Å²) in [4.78, 5) is 18.0. The zero-order valence-corrected chi connectivity index (χ0v) is 15.4. The second-order valence-corrected chi connectivity index (χ2v) is 6.97. The van der Waals surface area contributed by atoms with Gasteiger partial charge in [-0.1, -0.05) is 12.1 Å². The Balaban J connectivity index is 0.00000225. The second-order valence-electron chi connectivity index (χ2n) is 6.97. The van der Waals surface area contributed by atoms with Crippen molar-refractivity contribution in [1.82, 2.24) is 15.2 Å². The normalized spacial score (nSPS) is 24.0. The van der Waals surface area contributed by atoms with E-state index in [1.165, 1.54) is 12.1 Å². The molecule has 0 radical (unpaired) electrons. The van der Waals surface area contributed by atoms with Gasteiger partial charge in [-0.2, -0.15) is 13.2 Å². The minimum atomic E-state index is -4.55. The Kier molecular flexibility index (Phi) is 5.63. The minimum absolute atomic E-state index is 0. The summed E-state index contributed by atoms with van der Waals surface area (Å²) in [5.41, 5.74) is -0.250. The largest absolute Gasteiger partial charge is 0.433 e. The highest BCUT2D eigenvalue weighted by atomic mass is 35.5. The first-order valence-electron chi connectivity index (χ1n) is 8.65. The molecule has 9 heteroatoms. The molecule has 0 saturated carbocycles.